The van der Waals surface area contributed by atoms with Crippen LogP contribution in [-0.2, 0) is 38.4 Å². The molecule has 3 atom stereocenters. The number of likely N-dealkylation sites (N-methyl/N-ethyl adjacent to an activating group) is 1. The van der Waals surface area contributed by atoms with Gasteiger partial charge >= 0.3 is 6.18 Å². The predicted molar refractivity (Wildman–Crippen MR) is 297 cm³/mol. The maximum absolute atomic E-state index is 14.1. The summed E-state index contributed by atoms with van der Waals surface area (Å²) in [4.78, 5) is 97.0. The Morgan fingerprint density at radius 3 is 2.19 bits per heavy atom. The maximum atomic E-state index is 14.1. The molecule has 3 aliphatic rings. The molecule has 5 amide bonds. The first-order valence-corrected chi connectivity index (χ1v) is 27.5. The van der Waals surface area contributed by atoms with Crippen LogP contribution in [0, 0.1) is 12.3 Å². The van der Waals surface area contributed by atoms with Gasteiger partial charge in [-0.2, -0.15) is 13.2 Å². The number of benzene rings is 3. The molecule has 18 nitrogen and oxygen atoms in total. The molecule has 3 aromatic carbocycles. The molecular weight excluding hydrogens is 1040 g/mol. The van der Waals surface area contributed by atoms with E-state index in [-0.39, 0.29) is 38.3 Å². The molecule has 3 aliphatic heterocycles. The van der Waals surface area contributed by atoms with E-state index in [1.165, 1.54) is 4.90 Å². The van der Waals surface area contributed by atoms with Gasteiger partial charge in [-0.15, -0.1) is 11.3 Å². The van der Waals surface area contributed by atoms with E-state index >= 15 is 0 Å². The van der Waals surface area contributed by atoms with Crippen LogP contribution in [0.25, 0.3) is 21.6 Å². The van der Waals surface area contributed by atoms with Crippen molar-refractivity contribution < 1.29 is 42.3 Å². The monoisotopic (exact) mass is 1110 g/mol. The summed E-state index contributed by atoms with van der Waals surface area (Å²) < 4.78 is 41.9. The number of nitrogens with one attached hydrogen (secondary N) is 5. The number of hydrogen-bond donors (Lipinski definition) is 6. The molecule has 3 fully saturated rings. The third-order valence-electron chi connectivity index (χ3n) is 14.7. The van der Waals surface area contributed by atoms with Gasteiger partial charge in [0.15, 0.2) is 0 Å². The number of H-pyrrole nitrogens is 1. The zero-order valence-electron chi connectivity index (χ0n) is 45.3. The number of carbonyl (C=O) groups excluding carboxylic acids is 5. The number of aryl methyl sites for hydroxylation is 1. The Bertz CT molecular complexity index is 3040. The molecular formula is C57H70F3N11O7S. The lowest BCUT2D eigenvalue weighted by atomic mass is 9.85. The fraction of sp³-hybridized carbons (Fsp3) is 0.456. The Morgan fingerprint density at radius 1 is 0.823 bits per heavy atom. The smallest absolute Gasteiger partial charge is 0.391 e. The van der Waals surface area contributed by atoms with Gasteiger partial charge < -0.3 is 46.1 Å². The van der Waals surface area contributed by atoms with Gasteiger partial charge in [0.1, 0.15) is 12.1 Å². The van der Waals surface area contributed by atoms with Crippen LogP contribution in [0.5, 0.6) is 0 Å². The number of hydrogen-bond acceptors (Lipinski definition) is 13. The number of pyridine rings is 1. The van der Waals surface area contributed by atoms with Crippen LogP contribution < -0.4 is 31.7 Å². The fourth-order valence-electron chi connectivity index (χ4n) is 10.2. The van der Waals surface area contributed by atoms with Gasteiger partial charge in [-0.1, -0.05) is 69.3 Å². The Balaban J connectivity index is 0.783. The van der Waals surface area contributed by atoms with Gasteiger partial charge in [0.25, 0.3) is 5.91 Å². The summed E-state index contributed by atoms with van der Waals surface area (Å²) in [6, 6.07) is 19.8. The average Bonchev–Trinajstić information content (AvgIpc) is 4.10. The molecule has 6 N–H and O–H groups in total. The van der Waals surface area contributed by atoms with Crippen molar-refractivity contribution in [3.05, 3.63) is 123 Å². The molecule has 79 heavy (non-hydrogen) atoms. The van der Waals surface area contributed by atoms with E-state index in [1.807, 2.05) is 89.3 Å². The number of likely N-dealkylation sites (tertiary alicyclic amines) is 1. The molecule has 0 saturated carbocycles. The molecule has 0 aliphatic carbocycles. The zero-order chi connectivity index (χ0) is 56.6. The normalized spacial score (nSPS) is 18.0. The van der Waals surface area contributed by atoms with E-state index in [0.717, 1.165) is 83.9 Å². The Kier molecular flexibility index (Phi) is 18.7. The van der Waals surface area contributed by atoms with Crippen LogP contribution >= 0.6 is 11.3 Å². The molecule has 0 unspecified atom stereocenters. The number of rotatable bonds is 18. The Morgan fingerprint density at radius 2 is 1.51 bits per heavy atom. The fourth-order valence-corrected chi connectivity index (χ4v) is 11.0. The number of thiazole rings is 1. The summed E-state index contributed by atoms with van der Waals surface area (Å²) in [5, 5.41) is 22.0. The number of aromatic nitrogens is 2. The molecule has 5 heterocycles. The van der Waals surface area contributed by atoms with E-state index in [2.05, 4.69) is 56.9 Å². The number of aromatic amines is 1. The highest BCUT2D eigenvalue weighted by atomic mass is 32.1. The first kappa shape index (κ1) is 58.2. The van der Waals surface area contributed by atoms with Crippen molar-refractivity contribution in [2.75, 3.05) is 89.3 Å². The second kappa shape index (κ2) is 25.4. The van der Waals surface area contributed by atoms with Gasteiger partial charge in [-0.05, 0) is 65.4 Å². The highest BCUT2D eigenvalue weighted by Crippen LogP contribution is 2.36. The average molecular weight is 1110 g/mol. The van der Waals surface area contributed by atoms with Crippen LogP contribution in [0.2, 0.25) is 0 Å². The summed E-state index contributed by atoms with van der Waals surface area (Å²) in [7, 11) is 2.01. The Hall–Kier alpha value is -6.98. The summed E-state index contributed by atoms with van der Waals surface area (Å²) in [5.41, 5.74) is 4.62. The zero-order valence-corrected chi connectivity index (χ0v) is 46.1. The topological polar surface area (TPSA) is 216 Å². The van der Waals surface area contributed by atoms with Gasteiger partial charge in [-0.25, -0.2) is 4.98 Å². The number of anilines is 2. The third-order valence-corrected chi connectivity index (χ3v) is 15.7. The number of aliphatic hydroxyl groups excluding tert-OH is 1. The molecule has 0 spiro atoms. The van der Waals surface area contributed by atoms with Crippen molar-refractivity contribution in [1.82, 2.24) is 45.5 Å². The number of aliphatic hydroxyl groups is 1. The highest BCUT2D eigenvalue weighted by molar-refractivity contribution is 7.13. The van der Waals surface area contributed by atoms with Crippen LogP contribution in [0.3, 0.4) is 0 Å². The second-order valence-corrected chi connectivity index (χ2v) is 22.6. The quantitative estimate of drug-likeness (QED) is 0.0658. The largest absolute Gasteiger partial charge is 0.417 e. The van der Waals surface area contributed by atoms with Crippen LogP contribution in [0.1, 0.15) is 72.8 Å². The highest BCUT2D eigenvalue weighted by Gasteiger charge is 2.44. The van der Waals surface area contributed by atoms with Crippen molar-refractivity contribution in [3.63, 3.8) is 0 Å². The number of nitrogens with zero attached hydrogens (tertiary/aromatic N) is 6. The van der Waals surface area contributed by atoms with E-state index in [1.54, 1.807) is 22.9 Å². The molecule has 22 heteroatoms. The van der Waals surface area contributed by atoms with E-state index < -0.39 is 70.1 Å². The van der Waals surface area contributed by atoms with Gasteiger partial charge in [0.05, 0.1) is 44.7 Å². The molecule has 0 bridgehead atoms. The lowest BCUT2D eigenvalue weighted by molar-refractivity contribution is -0.144. The lowest BCUT2D eigenvalue weighted by Crippen LogP contribution is -2.57. The molecule has 422 valence electrons. The lowest BCUT2D eigenvalue weighted by Gasteiger charge is -2.35. The summed E-state index contributed by atoms with van der Waals surface area (Å²) >= 11 is 1.56. The number of amides is 5. The first-order valence-electron chi connectivity index (χ1n) is 26.6. The molecule has 5 aromatic rings. The predicted octanol–water partition coefficient (Wildman–Crippen LogP) is 5.32. The standard InChI is InChI=1S/C57H70F3N11O7S/c1-36-51(79-35-64-36)39-11-9-37(10-12-39)31-63-54(77)47-29-42(72)34-71(47)55(78)52(56(2,3)4)66-49(74)16-15-48(73)61-17-18-68-21-23-69(24-22-68)33-38-7-6-8-40(27-38)41-13-14-46(70-25-19-67(5)20-26-70)45(28-41)65-53(76)43-32-62-50(75)30-44(43)57(58,59)60/h6-14,27-28,30,32,35,42,47,52,72H,15-26,29,31,33-34H2,1-5H3,(H,61,73)(H,62,75)(H,63,77)(H,65,76)(H,66,74)/t42-,47+,52-/m1/s1. The Labute approximate surface area is 461 Å². The number of alkyl halides is 3. The molecule has 2 aromatic heterocycles. The van der Waals surface area contributed by atoms with Crippen molar-refractivity contribution in [2.24, 2.45) is 5.41 Å². The molecule has 3 saturated heterocycles. The van der Waals surface area contributed by atoms with Crippen LogP contribution in [-0.4, -0.2) is 161 Å². The SMILES string of the molecule is Cc1ncsc1-c1ccc(CNC(=O)[C@@H]2C[C@@H](O)CN2C(=O)[C@@H](NC(=O)CCC(=O)NCCN2CCN(Cc3cccc(-c4ccc(N5CCN(C)CC5)c(NC(=O)c5c[nH]c(=O)cc5C(F)(F)F)c4)c3)CC2)C(C)(C)C)cc1. The van der Waals surface area contributed by atoms with Crippen molar-refractivity contribution >= 4 is 52.2 Å². The number of halogens is 3. The van der Waals surface area contributed by atoms with Crippen LogP contribution in [0.15, 0.2) is 89.3 Å². The molecule has 0 radical (unpaired) electrons. The maximum Gasteiger partial charge on any atom is 0.417 e. The van der Waals surface area contributed by atoms with Gasteiger partial charge in [-0.3, -0.25) is 38.6 Å². The minimum Gasteiger partial charge on any atom is -0.391 e. The van der Waals surface area contributed by atoms with Crippen molar-refractivity contribution in [3.8, 4) is 21.6 Å². The van der Waals surface area contributed by atoms with Crippen molar-refractivity contribution in [1.29, 1.82) is 0 Å². The summed E-state index contributed by atoms with van der Waals surface area (Å²) in [6.07, 6.45) is -5.21. The third kappa shape index (κ3) is 15.2. The van der Waals surface area contributed by atoms with E-state index in [0.29, 0.717) is 50.2 Å². The number of carbonyl (C=O) groups is 5. The van der Waals surface area contributed by atoms with Gasteiger partial charge in [0.2, 0.25) is 29.2 Å². The number of β-amino-alcohol motifs (C(OH)–C–C–N with tert-alkyl or cyclic N) is 1. The minimum absolute atomic E-state index is 0.0548. The van der Waals surface area contributed by atoms with E-state index in [4.69, 9.17) is 0 Å². The van der Waals surface area contributed by atoms with Gasteiger partial charge in [0, 0.05) is 117 Å². The minimum atomic E-state index is -4.92. The summed E-state index contributed by atoms with van der Waals surface area (Å²) in [6.45, 7) is 15.1. The van der Waals surface area contributed by atoms with Crippen LogP contribution in [0.4, 0.5) is 24.5 Å². The molecule has 8 rings (SSSR count). The second-order valence-electron chi connectivity index (χ2n) is 21.7. The van der Waals surface area contributed by atoms with Crippen molar-refractivity contribution in [2.45, 2.75) is 84.4 Å². The number of piperazine rings is 2. The summed E-state index contributed by atoms with van der Waals surface area (Å²) in [5.74, 6) is -2.66. The van der Waals surface area contributed by atoms with E-state index in [9.17, 15) is 47.0 Å². The first-order chi connectivity index (χ1) is 37.6.